The number of nitro groups is 1. The molecule has 0 saturated heterocycles. The molecule has 8 heteroatoms. The Bertz CT molecular complexity index is 807. The molecule has 0 aliphatic rings. The summed E-state index contributed by atoms with van der Waals surface area (Å²) in [4.78, 5) is 34.3. The van der Waals surface area contributed by atoms with Crippen LogP contribution in [-0.2, 0) is 9.53 Å². The van der Waals surface area contributed by atoms with E-state index >= 15 is 0 Å². The van der Waals surface area contributed by atoms with E-state index < -0.39 is 23.4 Å². The van der Waals surface area contributed by atoms with Crippen molar-refractivity contribution in [3.05, 3.63) is 67.3 Å². The minimum atomic E-state index is -0.905. The smallest absolute Gasteiger partial charge is 0.345 e. The summed E-state index contributed by atoms with van der Waals surface area (Å²) < 4.78 is 5.85. The first kappa shape index (κ1) is 17.9. The SMILES string of the molecule is Cc1cccc([N+](=O)[O-])c1C(=O)OCC(=O)Nc1cccc(I)c1. The molecule has 0 bridgehead atoms. The summed E-state index contributed by atoms with van der Waals surface area (Å²) >= 11 is 2.10. The van der Waals surface area contributed by atoms with Crippen LogP contribution in [0.15, 0.2) is 42.5 Å². The lowest BCUT2D eigenvalue weighted by atomic mass is 10.1. The van der Waals surface area contributed by atoms with Crippen molar-refractivity contribution in [2.45, 2.75) is 6.92 Å². The van der Waals surface area contributed by atoms with Crippen molar-refractivity contribution in [1.82, 2.24) is 0 Å². The molecule has 2 rings (SSSR count). The van der Waals surface area contributed by atoms with E-state index in [0.29, 0.717) is 11.3 Å². The lowest BCUT2D eigenvalue weighted by Crippen LogP contribution is -2.21. The number of nitrogens with zero attached hydrogens (tertiary/aromatic N) is 1. The molecule has 0 atom stereocenters. The lowest BCUT2D eigenvalue weighted by Gasteiger charge is -2.08. The Kier molecular flexibility index (Phi) is 5.85. The van der Waals surface area contributed by atoms with Crippen molar-refractivity contribution < 1.29 is 19.2 Å². The van der Waals surface area contributed by atoms with Gasteiger partial charge in [0.15, 0.2) is 6.61 Å². The van der Waals surface area contributed by atoms with Gasteiger partial charge in [-0.15, -0.1) is 0 Å². The van der Waals surface area contributed by atoms with Gasteiger partial charge >= 0.3 is 5.97 Å². The normalized spacial score (nSPS) is 10.1. The van der Waals surface area contributed by atoms with Gasteiger partial charge in [0.05, 0.1) is 4.92 Å². The fourth-order valence-electron chi connectivity index (χ4n) is 2.04. The Morgan fingerprint density at radius 2 is 1.96 bits per heavy atom. The van der Waals surface area contributed by atoms with Crippen LogP contribution in [0.4, 0.5) is 11.4 Å². The number of amides is 1. The molecule has 0 fully saturated rings. The average molecular weight is 440 g/mol. The first-order chi connectivity index (χ1) is 11.4. The van der Waals surface area contributed by atoms with Crippen molar-refractivity contribution in [2.75, 3.05) is 11.9 Å². The van der Waals surface area contributed by atoms with E-state index in [0.717, 1.165) is 3.57 Å². The van der Waals surface area contributed by atoms with Crippen LogP contribution in [0.25, 0.3) is 0 Å². The van der Waals surface area contributed by atoms with Crippen LogP contribution >= 0.6 is 22.6 Å². The molecule has 1 amide bonds. The van der Waals surface area contributed by atoms with Gasteiger partial charge in [-0.3, -0.25) is 14.9 Å². The highest BCUT2D eigenvalue weighted by Gasteiger charge is 2.24. The van der Waals surface area contributed by atoms with E-state index in [4.69, 9.17) is 4.74 Å². The highest BCUT2D eigenvalue weighted by atomic mass is 127. The van der Waals surface area contributed by atoms with Gasteiger partial charge in [0.2, 0.25) is 0 Å². The molecule has 0 aliphatic heterocycles. The van der Waals surface area contributed by atoms with E-state index in [1.807, 2.05) is 6.07 Å². The summed E-state index contributed by atoms with van der Waals surface area (Å²) in [5.74, 6) is -1.43. The van der Waals surface area contributed by atoms with E-state index in [9.17, 15) is 19.7 Å². The summed E-state index contributed by atoms with van der Waals surface area (Å²) in [6, 6.07) is 11.4. The van der Waals surface area contributed by atoms with Crippen LogP contribution in [-0.4, -0.2) is 23.4 Å². The van der Waals surface area contributed by atoms with E-state index in [1.54, 1.807) is 31.2 Å². The highest BCUT2D eigenvalue weighted by molar-refractivity contribution is 14.1. The molecule has 7 nitrogen and oxygen atoms in total. The largest absolute Gasteiger partial charge is 0.452 e. The first-order valence-electron chi connectivity index (χ1n) is 6.85. The maximum Gasteiger partial charge on any atom is 0.345 e. The van der Waals surface area contributed by atoms with Gasteiger partial charge < -0.3 is 10.1 Å². The zero-order chi connectivity index (χ0) is 17.7. The van der Waals surface area contributed by atoms with Gasteiger partial charge in [0.1, 0.15) is 5.56 Å². The molecule has 2 aromatic rings. The van der Waals surface area contributed by atoms with Gasteiger partial charge in [-0.2, -0.15) is 0 Å². The van der Waals surface area contributed by atoms with E-state index in [-0.39, 0.29) is 11.3 Å². The second kappa shape index (κ2) is 7.86. The number of esters is 1. The third kappa shape index (κ3) is 4.51. The van der Waals surface area contributed by atoms with Gasteiger partial charge in [-0.05, 0) is 53.3 Å². The van der Waals surface area contributed by atoms with Crippen LogP contribution in [0.1, 0.15) is 15.9 Å². The zero-order valence-electron chi connectivity index (χ0n) is 12.6. The second-order valence-corrected chi connectivity index (χ2v) is 6.11. The zero-order valence-corrected chi connectivity index (χ0v) is 14.8. The predicted octanol–water partition coefficient (Wildman–Crippen LogP) is 3.30. The Morgan fingerprint density at radius 1 is 1.25 bits per heavy atom. The van der Waals surface area contributed by atoms with E-state index in [1.165, 1.54) is 12.1 Å². The van der Waals surface area contributed by atoms with Crippen molar-refractivity contribution in [3.63, 3.8) is 0 Å². The monoisotopic (exact) mass is 440 g/mol. The van der Waals surface area contributed by atoms with Crippen molar-refractivity contribution in [3.8, 4) is 0 Å². The number of hydrogen-bond acceptors (Lipinski definition) is 5. The fraction of sp³-hybridized carbons (Fsp3) is 0.125. The number of nitrogens with one attached hydrogen (secondary N) is 1. The molecule has 0 saturated carbocycles. The highest BCUT2D eigenvalue weighted by Crippen LogP contribution is 2.22. The Morgan fingerprint density at radius 3 is 2.62 bits per heavy atom. The average Bonchev–Trinajstić information content (AvgIpc) is 2.52. The number of rotatable bonds is 5. The molecule has 1 N–H and O–H groups in total. The third-order valence-electron chi connectivity index (χ3n) is 3.09. The number of aryl methyl sites for hydroxylation is 1. The fourth-order valence-corrected chi connectivity index (χ4v) is 2.58. The molecule has 0 radical (unpaired) electrons. The number of nitro benzene ring substituents is 1. The number of anilines is 1. The van der Waals surface area contributed by atoms with Gasteiger partial charge in [0.25, 0.3) is 11.6 Å². The summed E-state index contributed by atoms with van der Waals surface area (Å²) in [6.45, 7) is 1.03. The molecule has 0 heterocycles. The maximum atomic E-state index is 12.1. The molecule has 24 heavy (non-hydrogen) atoms. The number of ether oxygens (including phenoxy) is 1. The number of carbonyl (C=O) groups excluding carboxylic acids is 2. The summed E-state index contributed by atoms with van der Waals surface area (Å²) in [7, 11) is 0. The topological polar surface area (TPSA) is 98.5 Å². The molecular formula is C16H13IN2O5. The molecule has 0 aliphatic carbocycles. The quantitative estimate of drug-likeness (QED) is 0.333. The maximum absolute atomic E-state index is 12.1. The Labute approximate surface area is 151 Å². The van der Waals surface area contributed by atoms with Crippen molar-refractivity contribution >= 4 is 45.8 Å². The van der Waals surface area contributed by atoms with E-state index in [2.05, 4.69) is 27.9 Å². The van der Waals surface area contributed by atoms with Gasteiger partial charge in [-0.25, -0.2) is 4.79 Å². The van der Waals surface area contributed by atoms with Gasteiger partial charge in [-0.1, -0.05) is 18.2 Å². The predicted molar refractivity (Wildman–Crippen MR) is 95.9 cm³/mol. The second-order valence-electron chi connectivity index (χ2n) is 4.86. The van der Waals surface area contributed by atoms with Crippen LogP contribution in [0.2, 0.25) is 0 Å². The molecule has 0 aromatic heterocycles. The van der Waals surface area contributed by atoms with Crippen molar-refractivity contribution in [2.24, 2.45) is 0 Å². The minimum absolute atomic E-state index is 0.149. The number of halogens is 1. The number of benzene rings is 2. The standard InChI is InChI=1S/C16H13IN2O5/c1-10-4-2-7-13(19(22)23)15(10)16(21)24-9-14(20)18-12-6-3-5-11(17)8-12/h2-8H,9H2,1H3,(H,18,20). The minimum Gasteiger partial charge on any atom is -0.452 e. The van der Waals surface area contributed by atoms with Gasteiger partial charge in [0, 0.05) is 15.3 Å². The molecular weight excluding hydrogens is 427 g/mol. The molecule has 124 valence electrons. The first-order valence-corrected chi connectivity index (χ1v) is 7.93. The summed E-state index contributed by atoms with van der Waals surface area (Å²) in [6.07, 6.45) is 0. The molecule has 0 unspecified atom stereocenters. The van der Waals surface area contributed by atoms with Crippen LogP contribution in [0.3, 0.4) is 0 Å². The molecule has 0 spiro atoms. The lowest BCUT2D eigenvalue weighted by molar-refractivity contribution is -0.385. The number of carbonyl (C=O) groups is 2. The molecule has 2 aromatic carbocycles. The Balaban J connectivity index is 2.03. The number of hydrogen-bond donors (Lipinski definition) is 1. The van der Waals surface area contributed by atoms with Crippen LogP contribution in [0.5, 0.6) is 0 Å². The van der Waals surface area contributed by atoms with Crippen LogP contribution in [0, 0.1) is 20.6 Å². The third-order valence-corrected chi connectivity index (χ3v) is 3.77. The van der Waals surface area contributed by atoms with Crippen molar-refractivity contribution in [1.29, 1.82) is 0 Å². The Hall–Kier alpha value is -2.49. The summed E-state index contributed by atoms with van der Waals surface area (Å²) in [5.41, 5.74) is 0.486. The van der Waals surface area contributed by atoms with Crippen LogP contribution < -0.4 is 5.32 Å². The summed E-state index contributed by atoms with van der Waals surface area (Å²) in [5, 5.41) is 13.6.